The molecule has 0 aliphatic carbocycles. The van der Waals surface area contributed by atoms with Crippen LogP contribution in [-0.4, -0.2) is 83.1 Å². The van der Waals surface area contributed by atoms with Crippen LogP contribution < -0.4 is 11.1 Å². The van der Waals surface area contributed by atoms with Crippen molar-refractivity contribution in [2.24, 2.45) is 11.7 Å². The number of carbonyl (C=O) groups is 4. The van der Waals surface area contributed by atoms with Crippen molar-refractivity contribution in [3.05, 3.63) is 0 Å². The molecule has 2 rings (SSSR count). The Hall–Kier alpha value is -2.36. The van der Waals surface area contributed by atoms with Crippen LogP contribution in [-0.2, 0) is 23.9 Å². The fraction of sp³-hybridized carbons (Fsp3) is 0.846. The molecule has 3 amide bonds. The van der Waals surface area contributed by atoms with Gasteiger partial charge in [0.1, 0.15) is 17.2 Å². The summed E-state index contributed by atoms with van der Waals surface area (Å²) in [6.45, 7) is 13.1. The highest BCUT2D eigenvalue weighted by Gasteiger charge is 2.30. The second-order valence-electron chi connectivity index (χ2n) is 12.0. The molecule has 0 bridgehead atoms. The minimum atomic E-state index is -1.01. The number of ether oxygens (including phenoxy) is 2. The Morgan fingerprint density at radius 3 is 2.11 bits per heavy atom. The van der Waals surface area contributed by atoms with Crippen LogP contribution in [0.25, 0.3) is 0 Å². The number of likely N-dealkylation sites (tertiary alicyclic amines) is 2. The zero-order valence-corrected chi connectivity index (χ0v) is 22.9. The number of rotatable bonds is 7. The Morgan fingerprint density at radius 1 is 0.917 bits per heavy atom. The van der Waals surface area contributed by atoms with Crippen LogP contribution in [0, 0.1) is 5.92 Å². The lowest BCUT2D eigenvalue weighted by Crippen LogP contribution is -2.51. The standard InChI is InChI=1S/C26H46N4O6/c1-25(2,3)35-23(33)20(27)16-22(32)30-13-7-8-19(17-30)28-21(31)10-9-18-11-14-29(15-12-18)24(34)36-26(4,5)6/h18-20H,7-17,27H2,1-6H3,(H,28,31). The van der Waals surface area contributed by atoms with E-state index >= 15 is 0 Å². The maximum absolute atomic E-state index is 12.7. The van der Waals surface area contributed by atoms with Crippen molar-refractivity contribution in [1.82, 2.24) is 15.1 Å². The third kappa shape index (κ3) is 10.7. The van der Waals surface area contributed by atoms with E-state index in [4.69, 9.17) is 15.2 Å². The predicted octanol–water partition coefficient (Wildman–Crippen LogP) is 2.58. The topological polar surface area (TPSA) is 131 Å². The van der Waals surface area contributed by atoms with E-state index in [1.54, 1.807) is 30.6 Å². The third-order valence-electron chi connectivity index (χ3n) is 6.29. The molecule has 0 aromatic carbocycles. The first kappa shape index (κ1) is 29.9. The number of carbonyl (C=O) groups excluding carboxylic acids is 4. The molecule has 0 saturated carbocycles. The van der Waals surface area contributed by atoms with Gasteiger partial charge in [0, 0.05) is 38.6 Å². The van der Waals surface area contributed by atoms with Gasteiger partial charge in [0.25, 0.3) is 0 Å². The summed E-state index contributed by atoms with van der Waals surface area (Å²) in [5.74, 6) is -0.416. The summed E-state index contributed by atoms with van der Waals surface area (Å²) in [5.41, 5.74) is 4.73. The maximum atomic E-state index is 12.7. The van der Waals surface area contributed by atoms with E-state index in [0.29, 0.717) is 38.5 Å². The lowest BCUT2D eigenvalue weighted by molar-refractivity contribution is -0.158. The van der Waals surface area contributed by atoms with Gasteiger partial charge in [-0.25, -0.2) is 4.79 Å². The van der Waals surface area contributed by atoms with E-state index in [9.17, 15) is 19.2 Å². The quantitative estimate of drug-likeness (QED) is 0.503. The van der Waals surface area contributed by atoms with Crippen molar-refractivity contribution in [2.75, 3.05) is 26.2 Å². The highest BCUT2D eigenvalue weighted by molar-refractivity contribution is 5.85. The molecular formula is C26H46N4O6. The number of piperidine rings is 2. The second-order valence-corrected chi connectivity index (χ2v) is 12.0. The van der Waals surface area contributed by atoms with Crippen molar-refractivity contribution in [2.45, 2.75) is 110 Å². The van der Waals surface area contributed by atoms with E-state index in [-0.39, 0.29) is 30.4 Å². The average Bonchev–Trinajstić information content (AvgIpc) is 2.76. The average molecular weight is 511 g/mol. The number of hydrogen-bond acceptors (Lipinski definition) is 7. The Labute approximate surface area is 215 Å². The molecule has 3 N–H and O–H groups in total. The Balaban J connectivity index is 1.70. The van der Waals surface area contributed by atoms with Crippen molar-refractivity contribution in [3.8, 4) is 0 Å². The molecule has 36 heavy (non-hydrogen) atoms. The molecule has 2 atom stereocenters. The van der Waals surface area contributed by atoms with Gasteiger partial charge in [0.05, 0.1) is 6.42 Å². The SMILES string of the molecule is CC(C)(C)OC(=O)C(N)CC(=O)N1CCCC(NC(=O)CCC2CCN(C(=O)OC(C)(C)C)CC2)C1. The number of nitrogens with zero attached hydrogens (tertiary/aromatic N) is 2. The van der Waals surface area contributed by atoms with Gasteiger partial charge in [0.15, 0.2) is 0 Å². The Morgan fingerprint density at radius 2 is 1.53 bits per heavy atom. The molecule has 2 saturated heterocycles. The molecule has 2 unspecified atom stereocenters. The zero-order chi connectivity index (χ0) is 27.1. The molecule has 2 aliphatic rings. The van der Waals surface area contributed by atoms with E-state index < -0.39 is 23.2 Å². The predicted molar refractivity (Wildman–Crippen MR) is 136 cm³/mol. The van der Waals surface area contributed by atoms with Crippen LogP contribution in [0.4, 0.5) is 4.79 Å². The fourth-order valence-electron chi connectivity index (χ4n) is 4.47. The minimum Gasteiger partial charge on any atom is -0.459 e. The summed E-state index contributed by atoms with van der Waals surface area (Å²) in [5, 5.41) is 3.06. The summed E-state index contributed by atoms with van der Waals surface area (Å²) in [6.07, 6.45) is 4.11. The van der Waals surface area contributed by atoms with Gasteiger partial charge in [0.2, 0.25) is 11.8 Å². The zero-order valence-electron chi connectivity index (χ0n) is 22.9. The number of nitrogens with one attached hydrogen (secondary N) is 1. The normalized spacial score (nSPS) is 20.5. The minimum absolute atomic E-state index is 0.0191. The summed E-state index contributed by atoms with van der Waals surface area (Å²) in [4.78, 5) is 53.0. The number of amides is 3. The lowest BCUT2D eigenvalue weighted by Gasteiger charge is -2.34. The van der Waals surface area contributed by atoms with Gasteiger partial charge in [-0.15, -0.1) is 0 Å². The van der Waals surface area contributed by atoms with Crippen LogP contribution in [0.1, 0.15) is 86.5 Å². The third-order valence-corrected chi connectivity index (χ3v) is 6.29. The van der Waals surface area contributed by atoms with Crippen LogP contribution in [0.5, 0.6) is 0 Å². The first-order valence-electron chi connectivity index (χ1n) is 13.2. The molecule has 206 valence electrons. The van der Waals surface area contributed by atoms with E-state index in [1.807, 2.05) is 20.8 Å². The van der Waals surface area contributed by atoms with Gasteiger partial charge >= 0.3 is 12.1 Å². The largest absolute Gasteiger partial charge is 0.459 e. The molecule has 2 aliphatic heterocycles. The van der Waals surface area contributed by atoms with Crippen molar-refractivity contribution >= 4 is 23.9 Å². The highest BCUT2D eigenvalue weighted by Crippen LogP contribution is 2.23. The first-order valence-corrected chi connectivity index (χ1v) is 13.2. The molecule has 2 heterocycles. The fourth-order valence-corrected chi connectivity index (χ4v) is 4.47. The highest BCUT2D eigenvalue weighted by atomic mass is 16.6. The molecule has 0 aromatic heterocycles. The molecule has 2 fully saturated rings. The maximum Gasteiger partial charge on any atom is 0.410 e. The second kappa shape index (κ2) is 12.7. The molecular weight excluding hydrogens is 464 g/mol. The smallest absolute Gasteiger partial charge is 0.410 e. The lowest BCUT2D eigenvalue weighted by atomic mass is 9.92. The summed E-state index contributed by atoms with van der Waals surface area (Å²) in [7, 11) is 0. The van der Waals surface area contributed by atoms with Crippen molar-refractivity contribution < 1.29 is 28.7 Å². The Kier molecular flexibility index (Phi) is 10.6. The summed E-state index contributed by atoms with van der Waals surface area (Å²) in [6, 6.07) is -1.12. The van der Waals surface area contributed by atoms with Gasteiger partial charge in [-0.1, -0.05) is 0 Å². The van der Waals surface area contributed by atoms with E-state index in [2.05, 4.69) is 5.32 Å². The van der Waals surface area contributed by atoms with E-state index in [0.717, 1.165) is 32.1 Å². The van der Waals surface area contributed by atoms with Crippen molar-refractivity contribution in [1.29, 1.82) is 0 Å². The summed E-state index contributed by atoms with van der Waals surface area (Å²) < 4.78 is 10.7. The number of hydrogen-bond donors (Lipinski definition) is 2. The van der Waals surface area contributed by atoms with Crippen LogP contribution in [0.2, 0.25) is 0 Å². The molecule has 10 heteroatoms. The van der Waals surface area contributed by atoms with E-state index in [1.165, 1.54) is 0 Å². The number of nitrogens with two attached hydrogens (primary N) is 1. The molecule has 0 aromatic rings. The van der Waals surface area contributed by atoms with Gasteiger partial charge in [-0.05, 0) is 79.6 Å². The first-order chi connectivity index (χ1) is 16.6. The van der Waals surface area contributed by atoms with Gasteiger partial charge in [-0.3, -0.25) is 14.4 Å². The van der Waals surface area contributed by atoms with Crippen LogP contribution in [0.15, 0.2) is 0 Å². The Bertz CT molecular complexity index is 780. The van der Waals surface area contributed by atoms with Crippen molar-refractivity contribution in [3.63, 3.8) is 0 Å². The van der Waals surface area contributed by atoms with Gasteiger partial charge < -0.3 is 30.3 Å². The van der Waals surface area contributed by atoms with Gasteiger partial charge in [-0.2, -0.15) is 0 Å². The molecule has 10 nitrogen and oxygen atoms in total. The van der Waals surface area contributed by atoms with Crippen LogP contribution >= 0.6 is 0 Å². The molecule has 0 spiro atoms. The summed E-state index contributed by atoms with van der Waals surface area (Å²) >= 11 is 0. The molecule has 0 radical (unpaired) electrons. The van der Waals surface area contributed by atoms with Crippen LogP contribution in [0.3, 0.4) is 0 Å². The monoisotopic (exact) mass is 510 g/mol. The number of esters is 1.